The molecule has 2 aromatic carbocycles. The number of carbonyl (C=O) groups excluding carboxylic acids is 1. The molecule has 1 N–H and O–H groups in total. The van der Waals surface area contributed by atoms with E-state index in [2.05, 4.69) is 72.3 Å². The lowest BCUT2D eigenvalue weighted by molar-refractivity contribution is -0.146. The molecule has 0 bridgehead atoms. The van der Waals surface area contributed by atoms with Crippen LogP contribution in [0.3, 0.4) is 0 Å². The SMILES string of the molecule is CCCCc1nc(Cl)c(COC(=O)CN2CCCCC2)n1Cc1ccc(-c2ccccc2-c2nn[nH]n2)cc1. The Kier molecular flexibility index (Phi) is 9.00. The monoisotopic (exact) mass is 547 g/mol. The van der Waals surface area contributed by atoms with Gasteiger partial charge in [-0.25, -0.2) is 4.98 Å². The summed E-state index contributed by atoms with van der Waals surface area (Å²) in [6.45, 7) is 5.07. The van der Waals surface area contributed by atoms with Crippen LogP contribution in [-0.4, -0.2) is 60.7 Å². The Labute approximate surface area is 233 Å². The number of tetrazole rings is 1. The number of esters is 1. The minimum atomic E-state index is -0.222. The van der Waals surface area contributed by atoms with Crippen LogP contribution in [0.15, 0.2) is 48.5 Å². The number of aromatic nitrogens is 6. The Morgan fingerprint density at radius 2 is 1.82 bits per heavy atom. The standard InChI is InChI=1S/C29H34ClN7O2/c1-2-3-11-26-31-28(30)25(20-39-27(38)19-36-16-7-4-8-17-36)37(26)18-21-12-14-22(15-13-21)23-9-5-6-10-24(23)29-32-34-35-33-29/h5-6,9-10,12-15H,2-4,7-8,11,16-20H2,1H3,(H,32,33,34,35). The maximum Gasteiger partial charge on any atom is 0.320 e. The van der Waals surface area contributed by atoms with Gasteiger partial charge in [-0.05, 0) is 54.3 Å². The van der Waals surface area contributed by atoms with Crippen LogP contribution in [0.4, 0.5) is 0 Å². The highest BCUT2D eigenvalue weighted by molar-refractivity contribution is 6.30. The second-order valence-electron chi connectivity index (χ2n) is 9.93. The first-order valence-electron chi connectivity index (χ1n) is 13.7. The highest BCUT2D eigenvalue weighted by Gasteiger charge is 2.20. The maximum absolute atomic E-state index is 12.6. The Morgan fingerprint density at radius 1 is 1.05 bits per heavy atom. The molecule has 2 aromatic heterocycles. The molecule has 39 heavy (non-hydrogen) atoms. The summed E-state index contributed by atoms with van der Waals surface area (Å²) in [6.07, 6.45) is 6.37. The molecule has 0 aliphatic carbocycles. The number of hydrogen-bond acceptors (Lipinski definition) is 7. The van der Waals surface area contributed by atoms with Gasteiger partial charge in [0.2, 0.25) is 5.82 Å². The second-order valence-corrected chi connectivity index (χ2v) is 10.3. The minimum absolute atomic E-state index is 0.112. The number of carbonyl (C=O) groups is 1. The molecule has 0 amide bonds. The predicted molar refractivity (Wildman–Crippen MR) is 150 cm³/mol. The van der Waals surface area contributed by atoms with E-state index in [4.69, 9.17) is 16.3 Å². The summed E-state index contributed by atoms with van der Waals surface area (Å²) >= 11 is 6.59. The van der Waals surface area contributed by atoms with E-state index in [1.807, 2.05) is 18.2 Å². The Bertz CT molecular complexity index is 1360. The van der Waals surface area contributed by atoms with E-state index in [0.717, 1.165) is 79.0 Å². The molecule has 0 radical (unpaired) electrons. The summed E-state index contributed by atoms with van der Waals surface area (Å²) in [4.78, 5) is 19.4. The van der Waals surface area contributed by atoms with Gasteiger partial charge in [0.15, 0.2) is 5.15 Å². The van der Waals surface area contributed by atoms with Gasteiger partial charge < -0.3 is 9.30 Å². The van der Waals surface area contributed by atoms with E-state index in [0.29, 0.717) is 24.1 Å². The van der Waals surface area contributed by atoms with Crippen LogP contribution in [0.2, 0.25) is 5.15 Å². The van der Waals surface area contributed by atoms with Gasteiger partial charge in [-0.3, -0.25) is 9.69 Å². The van der Waals surface area contributed by atoms with Gasteiger partial charge >= 0.3 is 5.97 Å². The number of H-pyrrole nitrogens is 1. The number of aryl methyl sites for hydroxylation is 1. The summed E-state index contributed by atoms with van der Waals surface area (Å²) in [7, 11) is 0. The van der Waals surface area contributed by atoms with E-state index >= 15 is 0 Å². The number of likely N-dealkylation sites (tertiary alicyclic amines) is 1. The fraction of sp³-hybridized carbons (Fsp3) is 0.414. The van der Waals surface area contributed by atoms with Crippen LogP contribution < -0.4 is 0 Å². The molecule has 1 fully saturated rings. The van der Waals surface area contributed by atoms with Crippen molar-refractivity contribution in [3.05, 3.63) is 70.8 Å². The quantitative estimate of drug-likeness (QED) is 0.254. The number of imidazole rings is 1. The first kappa shape index (κ1) is 27.0. The largest absolute Gasteiger partial charge is 0.458 e. The van der Waals surface area contributed by atoms with Crippen molar-refractivity contribution in [3.8, 4) is 22.5 Å². The van der Waals surface area contributed by atoms with E-state index in [1.54, 1.807) is 0 Å². The fourth-order valence-corrected chi connectivity index (χ4v) is 5.28. The molecule has 204 valence electrons. The van der Waals surface area contributed by atoms with Crippen LogP contribution in [0.5, 0.6) is 0 Å². The van der Waals surface area contributed by atoms with Gasteiger partial charge in [-0.2, -0.15) is 5.21 Å². The van der Waals surface area contributed by atoms with Crippen molar-refractivity contribution >= 4 is 17.6 Å². The Morgan fingerprint density at radius 3 is 2.54 bits per heavy atom. The van der Waals surface area contributed by atoms with Gasteiger partial charge in [-0.15, -0.1) is 10.2 Å². The van der Waals surface area contributed by atoms with Gasteiger partial charge in [0.25, 0.3) is 0 Å². The third-order valence-electron chi connectivity index (χ3n) is 7.15. The lowest BCUT2D eigenvalue weighted by atomic mass is 9.98. The van der Waals surface area contributed by atoms with E-state index in [1.165, 1.54) is 6.42 Å². The van der Waals surface area contributed by atoms with E-state index < -0.39 is 0 Å². The number of ether oxygens (including phenoxy) is 1. The number of aromatic amines is 1. The smallest absolute Gasteiger partial charge is 0.320 e. The van der Waals surface area contributed by atoms with Crippen molar-refractivity contribution in [3.63, 3.8) is 0 Å². The second kappa shape index (κ2) is 13.0. The third-order valence-corrected chi connectivity index (χ3v) is 7.45. The molecule has 0 atom stereocenters. The average Bonchev–Trinajstić information content (AvgIpc) is 3.60. The zero-order valence-corrected chi connectivity index (χ0v) is 23.0. The van der Waals surface area contributed by atoms with Gasteiger partial charge in [0, 0.05) is 18.5 Å². The number of benzene rings is 2. The molecular weight excluding hydrogens is 514 g/mol. The Balaban J connectivity index is 1.33. The summed E-state index contributed by atoms with van der Waals surface area (Å²) in [6, 6.07) is 16.4. The summed E-state index contributed by atoms with van der Waals surface area (Å²) < 4.78 is 7.79. The molecule has 10 heteroatoms. The highest BCUT2D eigenvalue weighted by Crippen LogP contribution is 2.30. The van der Waals surface area contributed by atoms with Crippen LogP contribution in [0, 0.1) is 0 Å². The maximum atomic E-state index is 12.6. The summed E-state index contributed by atoms with van der Waals surface area (Å²) in [5.41, 5.74) is 4.84. The molecule has 1 aliphatic heterocycles. The number of piperidine rings is 1. The van der Waals surface area contributed by atoms with Crippen molar-refractivity contribution in [2.75, 3.05) is 19.6 Å². The van der Waals surface area contributed by atoms with Gasteiger partial charge in [-0.1, -0.05) is 79.9 Å². The first-order valence-corrected chi connectivity index (χ1v) is 14.0. The van der Waals surface area contributed by atoms with Crippen molar-refractivity contribution in [2.24, 2.45) is 0 Å². The summed E-state index contributed by atoms with van der Waals surface area (Å²) in [5.74, 6) is 1.25. The molecule has 3 heterocycles. The number of unbranched alkanes of at least 4 members (excludes halogenated alkanes) is 1. The lowest BCUT2D eigenvalue weighted by Crippen LogP contribution is -2.35. The molecule has 9 nitrogen and oxygen atoms in total. The van der Waals surface area contributed by atoms with Crippen molar-refractivity contribution in [1.82, 2.24) is 35.1 Å². The average molecular weight is 548 g/mol. The van der Waals surface area contributed by atoms with Crippen LogP contribution >= 0.6 is 11.6 Å². The zero-order chi connectivity index (χ0) is 27.0. The molecule has 1 aliphatic rings. The number of rotatable bonds is 11. The molecule has 1 saturated heterocycles. The third kappa shape index (κ3) is 6.72. The number of nitrogens with one attached hydrogen (secondary N) is 1. The molecule has 0 spiro atoms. The number of hydrogen-bond donors (Lipinski definition) is 1. The van der Waals surface area contributed by atoms with Crippen LogP contribution in [0.1, 0.15) is 56.1 Å². The topological polar surface area (TPSA) is 102 Å². The predicted octanol–water partition coefficient (Wildman–Crippen LogP) is 5.30. The van der Waals surface area contributed by atoms with Crippen molar-refractivity contribution in [1.29, 1.82) is 0 Å². The van der Waals surface area contributed by atoms with E-state index in [-0.39, 0.29) is 12.6 Å². The molecule has 5 rings (SSSR count). The van der Waals surface area contributed by atoms with Crippen LogP contribution in [0.25, 0.3) is 22.5 Å². The lowest BCUT2D eigenvalue weighted by Gasteiger charge is -2.25. The van der Waals surface area contributed by atoms with Gasteiger partial charge in [0.05, 0.1) is 12.2 Å². The number of nitrogens with zero attached hydrogens (tertiary/aromatic N) is 6. The van der Waals surface area contributed by atoms with Crippen molar-refractivity contribution < 1.29 is 9.53 Å². The fourth-order valence-electron chi connectivity index (χ4n) is 5.03. The summed E-state index contributed by atoms with van der Waals surface area (Å²) in [5, 5.41) is 14.9. The molecule has 0 unspecified atom stereocenters. The molecular formula is C29H34ClN7O2. The van der Waals surface area contributed by atoms with Gasteiger partial charge in [0.1, 0.15) is 12.4 Å². The van der Waals surface area contributed by atoms with Crippen LogP contribution in [-0.2, 0) is 29.1 Å². The molecule has 4 aromatic rings. The first-order chi connectivity index (χ1) is 19.1. The molecule has 0 saturated carbocycles. The van der Waals surface area contributed by atoms with E-state index in [9.17, 15) is 4.79 Å². The van der Waals surface area contributed by atoms with Crippen molar-refractivity contribution in [2.45, 2.75) is 58.6 Å². The zero-order valence-electron chi connectivity index (χ0n) is 22.3. The number of halogens is 1. The Hall–Kier alpha value is -3.56. The highest BCUT2D eigenvalue weighted by atomic mass is 35.5. The normalized spacial score (nSPS) is 14.0. The minimum Gasteiger partial charge on any atom is -0.458 e.